The Morgan fingerprint density at radius 1 is 1.17 bits per heavy atom. The highest BCUT2D eigenvalue weighted by Crippen LogP contribution is 2.34. The van der Waals surface area contributed by atoms with Crippen LogP contribution in [0.3, 0.4) is 0 Å². The summed E-state index contributed by atoms with van der Waals surface area (Å²) in [6.45, 7) is 5.89. The molecule has 164 valence electrons. The van der Waals surface area contributed by atoms with E-state index in [1.807, 2.05) is 32.0 Å². The van der Waals surface area contributed by atoms with Gasteiger partial charge in [0.25, 0.3) is 0 Å². The molecule has 0 aromatic heterocycles. The van der Waals surface area contributed by atoms with Crippen molar-refractivity contribution in [2.24, 2.45) is 0 Å². The fourth-order valence-electron chi connectivity index (χ4n) is 2.96. The second-order valence-corrected chi connectivity index (χ2v) is 9.26. The topological polar surface area (TPSA) is 84.9 Å². The van der Waals surface area contributed by atoms with Gasteiger partial charge in [0.15, 0.2) is 0 Å². The summed E-state index contributed by atoms with van der Waals surface area (Å²) in [7, 11) is -2.37. The van der Waals surface area contributed by atoms with Crippen molar-refractivity contribution in [3.05, 3.63) is 52.5 Å². The van der Waals surface area contributed by atoms with Gasteiger partial charge in [-0.1, -0.05) is 23.7 Å². The molecular weight excluding hydrogens is 428 g/mol. The number of hydrogen-bond donors (Lipinski definition) is 1. The van der Waals surface area contributed by atoms with Crippen molar-refractivity contribution < 1.29 is 22.7 Å². The van der Waals surface area contributed by atoms with E-state index < -0.39 is 22.0 Å². The van der Waals surface area contributed by atoms with E-state index in [-0.39, 0.29) is 18.8 Å². The molecule has 0 radical (unpaired) electrons. The Bertz CT molecular complexity index is 1010. The van der Waals surface area contributed by atoms with Crippen molar-refractivity contribution >= 4 is 33.2 Å². The van der Waals surface area contributed by atoms with Crippen LogP contribution in [0, 0.1) is 13.8 Å². The first kappa shape index (κ1) is 23.8. The van der Waals surface area contributed by atoms with E-state index >= 15 is 0 Å². The van der Waals surface area contributed by atoms with Crippen LogP contribution in [-0.4, -0.2) is 46.9 Å². The van der Waals surface area contributed by atoms with Gasteiger partial charge in [-0.25, -0.2) is 8.42 Å². The highest BCUT2D eigenvalue weighted by molar-refractivity contribution is 7.92. The van der Waals surface area contributed by atoms with Gasteiger partial charge in [0.1, 0.15) is 24.1 Å². The summed E-state index contributed by atoms with van der Waals surface area (Å²) in [6.07, 6.45) is 1.03. The average Bonchev–Trinajstić information content (AvgIpc) is 2.66. The van der Waals surface area contributed by atoms with Gasteiger partial charge in [0, 0.05) is 5.02 Å². The molecule has 0 aliphatic rings. The zero-order valence-corrected chi connectivity index (χ0v) is 19.3. The van der Waals surface area contributed by atoms with Crippen molar-refractivity contribution in [3.8, 4) is 11.5 Å². The Balaban J connectivity index is 2.10. The normalized spacial score (nSPS) is 12.2. The maximum Gasteiger partial charge on any atom is 0.243 e. The minimum Gasteiger partial charge on any atom is -0.495 e. The van der Waals surface area contributed by atoms with Crippen LogP contribution in [0.15, 0.2) is 36.4 Å². The van der Waals surface area contributed by atoms with Gasteiger partial charge in [-0.15, -0.1) is 0 Å². The van der Waals surface area contributed by atoms with Gasteiger partial charge >= 0.3 is 0 Å². The summed E-state index contributed by atoms with van der Waals surface area (Å²) in [6, 6.07) is 9.46. The van der Waals surface area contributed by atoms with Crippen LogP contribution < -0.4 is 19.1 Å². The number of halogens is 1. The number of sulfonamides is 1. The molecule has 1 N–H and O–H groups in total. The van der Waals surface area contributed by atoms with Gasteiger partial charge in [-0.05, 0) is 56.2 Å². The van der Waals surface area contributed by atoms with Crippen molar-refractivity contribution in [1.29, 1.82) is 0 Å². The maximum absolute atomic E-state index is 12.7. The van der Waals surface area contributed by atoms with Crippen LogP contribution in [0.2, 0.25) is 5.02 Å². The number of nitrogens with zero attached hydrogens (tertiary/aromatic N) is 1. The molecule has 7 nitrogen and oxygen atoms in total. The number of amides is 1. The molecular formula is C21H27ClN2O5S. The second-order valence-electron chi connectivity index (χ2n) is 6.96. The second kappa shape index (κ2) is 10.0. The molecule has 2 aromatic carbocycles. The lowest BCUT2D eigenvalue weighted by molar-refractivity contribution is -0.121. The number of benzene rings is 2. The van der Waals surface area contributed by atoms with Gasteiger partial charge in [0.2, 0.25) is 15.9 Å². The van der Waals surface area contributed by atoms with Crippen LogP contribution in [0.1, 0.15) is 18.1 Å². The van der Waals surface area contributed by atoms with E-state index in [1.54, 1.807) is 12.1 Å². The number of ether oxygens (including phenoxy) is 2. The maximum atomic E-state index is 12.7. The minimum atomic E-state index is -3.79. The summed E-state index contributed by atoms with van der Waals surface area (Å²) in [4.78, 5) is 12.7. The number of carbonyl (C=O) groups is 1. The molecule has 0 fully saturated rings. The van der Waals surface area contributed by atoms with E-state index in [0.29, 0.717) is 10.8 Å². The van der Waals surface area contributed by atoms with E-state index in [0.717, 1.165) is 27.4 Å². The first-order chi connectivity index (χ1) is 14.0. The van der Waals surface area contributed by atoms with Crippen LogP contribution in [0.5, 0.6) is 11.5 Å². The van der Waals surface area contributed by atoms with E-state index in [1.165, 1.54) is 20.1 Å². The van der Waals surface area contributed by atoms with Crippen LogP contribution in [0.4, 0.5) is 5.69 Å². The van der Waals surface area contributed by atoms with Gasteiger partial charge in [-0.3, -0.25) is 9.10 Å². The first-order valence-corrected chi connectivity index (χ1v) is 11.6. The van der Waals surface area contributed by atoms with E-state index in [9.17, 15) is 13.2 Å². The van der Waals surface area contributed by atoms with Gasteiger partial charge in [0.05, 0.1) is 25.6 Å². The Morgan fingerprint density at radius 2 is 1.87 bits per heavy atom. The van der Waals surface area contributed by atoms with Crippen LogP contribution >= 0.6 is 11.6 Å². The number of anilines is 1. The number of methoxy groups -OCH3 is 1. The lowest BCUT2D eigenvalue weighted by Gasteiger charge is -2.29. The van der Waals surface area contributed by atoms with E-state index in [2.05, 4.69) is 5.32 Å². The highest BCUT2D eigenvalue weighted by Gasteiger charge is 2.31. The predicted molar refractivity (Wildman–Crippen MR) is 119 cm³/mol. The lowest BCUT2D eigenvalue weighted by Crippen LogP contribution is -2.48. The number of carbonyl (C=O) groups excluding carboxylic acids is 1. The molecule has 0 saturated heterocycles. The molecule has 0 spiro atoms. The highest BCUT2D eigenvalue weighted by atomic mass is 35.5. The summed E-state index contributed by atoms with van der Waals surface area (Å²) < 4.78 is 36.9. The minimum absolute atomic E-state index is 0.196. The summed E-state index contributed by atoms with van der Waals surface area (Å²) in [5.74, 6) is 0.577. The Kier molecular flexibility index (Phi) is 7.97. The molecule has 1 amide bonds. The summed E-state index contributed by atoms with van der Waals surface area (Å²) >= 11 is 6.04. The lowest BCUT2D eigenvalue weighted by atomic mass is 10.1. The molecule has 0 aliphatic heterocycles. The van der Waals surface area contributed by atoms with Crippen LogP contribution in [-0.2, 0) is 14.8 Å². The Morgan fingerprint density at radius 3 is 2.50 bits per heavy atom. The van der Waals surface area contributed by atoms with Gasteiger partial charge < -0.3 is 14.8 Å². The smallest absolute Gasteiger partial charge is 0.243 e. The van der Waals surface area contributed by atoms with Crippen LogP contribution in [0.25, 0.3) is 0 Å². The standard InChI is InChI=1S/C21H27ClN2O5S/c1-14-6-7-15(2)20(12-14)29-11-10-23-21(25)16(3)24(30(5,26)27)18-13-17(22)8-9-19(18)28-4/h6-9,12-13,16H,10-11H2,1-5H3,(H,23,25). The van der Waals surface area contributed by atoms with Crippen molar-refractivity contribution in [2.75, 3.05) is 30.8 Å². The molecule has 1 atom stereocenters. The monoisotopic (exact) mass is 454 g/mol. The molecule has 1 unspecified atom stereocenters. The molecule has 0 bridgehead atoms. The van der Waals surface area contributed by atoms with Crippen molar-refractivity contribution in [2.45, 2.75) is 26.8 Å². The first-order valence-electron chi connectivity index (χ1n) is 9.35. The number of hydrogen-bond acceptors (Lipinski definition) is 5. The molecule has 0 heterocycles. The van der Waals surface area contributed by atoms with Crippen molar-refractivity contribution in [1.82, 2.24) is 5.32 Å². The van der Waals surface area contributed by atoms with E-state index in [4.69, 9.17) is 21.1 Å². The Hall–Kier alpha value is -2.45. The number of rotatable bonds is 9. The zero-order valence-electron chi connectivity index (χ0n) is 17.7. The zero-order chi connectivity index (χ0) is 22.5. The molecule has 9 heteroatoms. The fourth-order valence-corrected chi connectivity index (χ4v) is 4.30. The fraction of sp³-hybridized carbons (Fsp3) is 0.381. The average molecular weight is 455 g/mol. The third-order valence-corrected chi connectivity index (χ3v) is 5.93. The number of aryl methyl sites for hydroxylation is 2. The quantitative estimate of drug-likeness (QED) is 0.587. The summed E-state index contributed by atoms with van der Waals surface area (Å²) in [5, 5.41) is 3.05. The van der Waals surface area contributed by atoms with Gasteiger partial charge in [-0.2, -0.15) is 0 Å². The largest absolute Gasteiger partial charge is 0.495 e. The summed E-state index contributed by atoms with van der Waals surface area (Å²) in [5.41, 5.74) is 2.27. The molecule has 2 aromatic rings. The predicted octanol–water partition coefficient (Wildman–Crippen LogP) is 3.32. The van der Waals surface area contributed by atoms with Crippen molar-refractivity contribution in [3.63, 3.8) is 0 Å². The Labute approximate surface area is 183 Å². The SMILES string of the molecule is COc1ccc(Cl)cc1N(C(C)C(=O)NCCOc1cc(C)ccc1C)S(C)(=O)=O. The molecule has 30 heavy (non-hydrogen) atoms. The molecule has 0 saturated carbocycles. The third kappa shape index (κ3) is 6.03. The number of nitrogens with one attached hydrogen (secondary N) is 1. The molecule has 0 aliphatic carbocycles. The third-order valence-electron chi connectivity index (χ3n) is 4.47. The molecule has 2 rings (SSSR count).